The number of ether oxygens (including phenoxy) is 1. The van der Waals surface area contributed by atoms with E-state index in [0.29, 0.717) is 26.2 Å². The lowest BCUT2D eigenvalue weighted by Gasteiger charge is -2.35. The largest absolute Gasteiger partial charge is 0.481 e. The van der Waals surface area contributed by atoms with Crippen LogP contribution >= 0.6 is 11.3 Å². The van der Waals surface area contributed by atoms with Crippen molar-refractivity contribution < 1.29 is 19.4 Å². The number of aryl methyl sites for hydroxylation is 2. The van der Waals surface area contributed by atoms with Gasteiger partial charge < -0.3 is 14.7 Å². The minimum Gasteiger partial charge on any atom is -0.481 e. The Kier molecular flexibility index (Phi) is 5.76. The molecule has 1 fully saturated rings. The number of hydrogen-bond acceptors (Lipinski definition) is 4. The van der Waals surface area contributed by atoms with Gasteiger partial charge in [0.1, 0.15) is 0 Å². The second-order valence-electron chi connectivity index (χ2n) is 5.28. The SMILES string of the molecule is Cc1ccc(CCCC(=O)N2CCOCC2CC(=O)O)s1. The maximum Gasteiger partial charge on any atom is 0.305 e. The van der Waals surface area contributed by atoms with Gasteiger partial charge in [-0.25, -0.2) is 0 Å². The third-order valence-electron chi connectivity index (χ3n) is 3.57. The quantitative estimate of drug-likeness (QED) is 0.873. The molecule has 1 aromatic heterocycles. The topological polar surface area (TPSA) is 66.8 Å². The number of rotatable bonds is 6. The Hall–Kier alpha value is -1.40. The predicted octanol–water partition coefficient (Wildman–Crippen LogP) is 2.08. The van der Waals surface area contributed by atoms with E-state index in [4.69, 9.17) is 9.84 Å². The number of morpholine rings is 1. The van der Waals surface area contributed by atoms with Crippen molar-refractivity contribution in [2.24, 2.45) is 0 Å². The van der Waals surface area contributed by atoms with Crippen LogP contribution < -0.4 is 0 Å². The Morgan fingerprint density at radius 1 is 1.48 bits per heavy atom. The number of carboxylic acid groups (broad SMARTS) is 1. The van der Waals surface area contributed by atoms with Crippen molar-refractivity contribution in [1.29, 1.82) is 0 Å². The Labute approximate surface area is 128 Å². The zero-order valence-corrected chi connectivity index (χ0v) is 13.0. The van der Waals surface area contributed by atoms with E-state index in [9.17, 15) is 9.59 Å². The molecule has 1 N–H and O–H groups in total. The van der Waals surface area contributed by atoms with Crippen LogP contribution in [0.1, 0.15) is 29.0 Å². The van der Waals surface area contributed by atoms with E-state index in [-0.39, 0.29) is 18.4 Å². The molecule has 1 aromatic rings. The number of hydrogen-bond donors (Lipinski definition) is 1. The van der Waals surface area contributed by atoms with Crippen LogP contribution in [0.25, 0.3) is 0 Å². The summed E-state index contributed by atoms with van der Waals surface area (Å²) in [6.45, 7) is 3.38. The molecule has 0 spiro atoms. The summed E-state index contributed by atoms with van der Waals surface area (Å²) in [5, 5.41) is 8.90. The van der Waals surface area contributed by atoms with E-state index in [2.05, 4.69) is 19.1 Å². The Balaban J connectivity index is 1.81. The summed E-state index contributed by atoms with van der Waals surface area (Å²) in [5.74, 6) is -0.852. The van der Waals surface area contributed by atoms with E-state index < -0.39 is 5.97 Å². The van der Waals surface area contributed by atoms with E-state index in [1.807, 2.05) is 0 Å². The molecule has 2 heterocycles. The number of thiophene rings is 1. The van der Waals surface area contributed by atoms with Crippen LogP contribution in [0.2, 0.25) is 0 Å². The summed E-state index contributed by atoms with van der Waals surface area (Å²) in [5.41, 5.74) is 0. The maximum absolute atomic E-state index is 12.3. The van der Waals surface area contributed by atoms with Crippen LogP contribution in [0.15, 0.2) is 12.1 Å². The molecule has 0 aliphatic carbocycles. The molecule has 21 heavy (non-hydrogen) atoms. The van der Waals surface area contributed by atoms with Crippen molar-refractivity contribution in [3.8, 4) is 0 Å². The maximum atomic E-state index is 12.3. The molecule has 5 nitrogen and oxygen atoms in total. The molecule has 1 aliphatic rings. The Bertz CT molecular complexity index is 500. The first-order chi connectivity index (χ1) is 10.1. The molecule has 1 saturated heterocycles. The smallest absolute Gasteiger partial charge is 0.305 e. The highest BCUT2D eigenvalue weighted by Crippen LogP contribution is 2.18. The van der Waals surface area contributed by atoms with Crippen molar-refractivity contribution in [1.82, 2.24) is 4.90 Å². The van der Waals surface area contributed by atoms with Gasteiger partial charge in [0.15, 0.2) is 0 Å². The fraction of sp³-hybridized carbons (Fsp3) is 0.600. The van der Waals surface area contributed by atoms with Crippen molar-refractivity contribution in [2.75, 3.05) is 19.8 Å². The summed E-state index contributed by atoms with van der Waals surface area (Å²) in [7, 11) is 0. The minimum atomic E-state index is -0.891. The first kappa shape index (κ1) is 16.0. The average molecular weight is 311 g/mol. The molecule has 1 atom stereocenters. The van der Waals surface area contributed by atoms with Crippen LogP contribution in [0.3, 0.4) is 0 Å². The number of carbonyl (C=O) groups excluding carboxylic acids is 1. The second kappa shape index (κ2) is 7.56. The van der Waals surface area contributed by atoms with E-state index >= 15 is 0 Å². The highest BCUT2D eigenvalue weighted by atomic mass is 32.1. The van der Waals surface area contributed by atoms with Crippen molar-refractivity contribution >= 4 is 23.2 Å². The van der Waals surface area contributed by atoms with Crippen LogP contribution in [0, 0.1) is 6.92 Å². The van der Waals surface area contributed by atoms with Gasteiger partial charge in [0.2, 0.25) is 5.91 Å². The number of aliphatic carboxylic acids is 1. The molecule has 0 bridgehead atoms. The van der Waals surface area contributed by atoms with Crippen LogP contribution in [0.4, 0.5) is 0 Å². The molecule has 0 radical (unpaired) electrons. The highest BCUT2D eigenvalue weighted by molar-refractivity contribution is 7.11. The molecule has 1 amide bonds. The molecular formula is C15H21NO4S. The lowest BCUT2D eigenvalue weighted by molar-refractivity contribution is -0.146. The van der Waals surface area contributed by atoms with E-state index in [1.165, 1.54) is 9.75 Å². The number of nitrogens with zero attached hydrogens (tertiary/aromatic N) is 1. The first-order valence-corrected chi connectivity index (χ1v) is 8.02. The molecule has 6 heteroatoms. The van der Waals surface area contributed by atoms with Crippen LogP contribution in [-0.2, 0) is 20.7 Å². The Morgan fingerprint density at radius 3 is 2.95 bits per heavy atom. The molecular weight excluding hydrogens is 290 g/mol. The summed E-state index contributed by atoms with van der Waals surface area (Å²) in [6.07, 6.45) is 2.12. The molecule has 0 saturated carbocycles. The third kappa shape index (κ3) is 4.82. The fourth-order valence-electron chi connectivity index (χ4n) is 2.53. The van der Waals surface area contributed by atoms with Crippen LogP contribution in [0.5, 0.6) is 0 Å². The molecule has 116 valence electrons. The summed E-state index contributed by atoms with van der Waals surface area (Å²) >= 11 is 1.76. The van der Waals surface area contributed by atoms with Gasteiger partial charge in [0, 0.05) is 22.7 Å². The van der Waals surface area contributed by atoms with Gasteiger partial charge in [-0.15, -0.1) is 11.3 Å². The zero-order valence-electron chi connectivity index (χ0n) is 12.2. The normalized spacial score (nSPS) is 18.7. The lowest BCUT2D eigenvalue weighted by Crippen LogP contribution is -2.49. The third-order valence-corrected chi connectivity index (χ3v) is 4.63. The molecule has 2 rings (SSSR count). The molecule has 1 unspecified atom stereocenters. The summed E-state index contributed by atoms with van der Waals surface area (Å²) in [6, 6.07) is 3.87. The number of carboxylic acids is 1. The number of amides is 1. The molecule has 1 aliphatic heterocycles. The second-order valence-corrected chi connectivity index (χ2v) is 6.65. The Morgan fingerprint density at radius 2 is 2.29 bits per heavy atom. The van der Waals surface area contributed by atoms with Gasteiger partial charge in [-0.05, 0) is 31.9 Å². The fourth-order valence-corrected chi connectivity index (χ4v) is 3.46. The average Bonchev–Trinajstić information content (AvgIpc) is 2.84. The first-order valence-electron chi connectivity index (χ1n) is 7.20. The lowest BCUT2D eigenvalue weighted by atomic mass is 10.1. The highest BCUT2D eigenvalue weighted by Gasteiger charge is 2.28. The molecule has 0 aromatic carbocycles. The number of carbonyl (C=O) groups is 2. The van der Waals surface area contributed by atoms with Crippen LogP contribution in [-0.4, -0.2) is 47.7 Å². The predicted molar refractivity (Wildman–Crippen MR) is 80.6 cm³/mol. The van der Waals surface area contributed by atoms with Crippen molar-refractivity contribution in [3.63, 3.8) is 0 Å². The van der Waals surface area contributed by atoms with Gasteiger partial charge in [-0.3, -0.25) is 9.59 Å². The van der Waals surface area contributed by atoms with E-state index in [0.717, 1.165) is 12.8 Å². The van der Waals surface area contributed by atoms with Gasteiger partial charge in [-0.2, -0.15) is 0 Å². The summed E-state index contributed by atoms with van der Waals surface area (Å²) < 4.78 is 5.28. The van der Waals surface area contributed by atoms with Gasteiger partial charge in [0.25, 0.3) is 0 Å². The standard InChI is InChI=1S/C15H21NO4S/c1-11-5-6-13(21-11)3-2-4-14(17)16-7-8-20-10-12(16)9-15(18)19/h5-6,12H,2-4,7-10H2,1H3,(H,18,19). The van der Waals surface area contributed by atoms with Gasteiger partial charge >= 0.3 is 5.97 Å². The monoisotopic (exact) mass is 311 g/mol. The van der Waals surface area contributed by atoms with Crippen molar-refractivity contribution in [2.45, 2.75) is 38.6 Å². The van der Waals surface area contributed by atoms with Gasteiger partial charge in [-0.1, -0.05) is 0 Å². The van der Waals surface area contributed by atoms with Gasteiger partial charge in [0.05, 0.1) is 25.7 Å². The van der Waals surface area contributed by atoms with E-state index in [1.54, 1.807) is 16.2 Å². The zero-order chi connectivity index (χ0) is 15.2. The van der Waals surface area contributed by atoms with Crippen molar-refractivity contribution in [3.05, 3.63) is 21.9 Å². The summed E-state index contributed by atoms with van der Waals surface area (Å²) in [4.78, 5) is 27.4. The minimum absolute atomic E-state index is 0.0397.